The van der Waals surface area contributed by atoms with Gasteiger partial charge < -0.3 is 10.8 Å². The van der Waals surface area contributed by atoms with Crippen molar-refractivity contribution in [1.82, 2.24) is 24.8 Å². The molecule has 0 aliphatic heterocycles. The average Bonchev–Trinajstić information content (AvgIpc) is 3.21. The van der Waals surface area contributed by atoms with E-state index in [0.717, 1.165) is 0 Å². The van der Waals surface area contributed by atoms with E-state index in [1.54, 1.807) is 12.1 Å². The Balaban J connectivity index is 1.56. The lowest BCUT2D eigenvalue weighted by Crippen LogP contribution is -2.12. The van der Waals surface area contributed by atoms with Crippen LogP contribution in [0, 0.1) is 5.82 Å². The number of benzene rings is 1. The van der Waals surface area contributed by atoms with Crippen LogP contribution in [0.1, 0.15) is 5.82 Å². The Bertz CT molecular complexity index is 1100. The number of nitrogens with one attached hydrogen (secondary N) is 1. The quantitative estimate of drug-likeness (QED) is 0.420. The van der Waals surface area contributed by atoms with E-state index in [0.29, 0.717) is 38.3 Å². The molecule has 0 saturated carbocycles. The molecule has 10 heteroatoms. The van der Waals surface area contributed by atoms with E-state index in [1.165, 1.54) is 39.9 Å². The van der Waals surface area contributed by atoms with Crippen LogP contribution in [0.25, 0.3) is 21.6 Å². The van der Waals surface area contributed by atoms with Crippen molar-refractivity contribution < 1.29 is 4.39 Å². The van der Waals surface area contributed by atoms with Crippen molar-refractivity contribution in [3.63, 3.8) is 0 Å². The Morgan fingerprint density at radius 2 is 2.04 bits per heavy atom. The van der Waals surface area contributed by atoms with Crippen LogP contribution in [0.3, 0.4) is 0 Å². The average molecular weight is 374 g/mol. The number of hydrogen-bond acceptors (Lipinski definition) is 7. The second-order valence-electron chi connectivity index (χ2n) is 5.12. The number of aromatic nitrogens is 5. The third-order valence-electron chi connectivity index (χ3n) is 3.47. The van der Waals surface area contributed by atoms with E-state index in [1.807, 2.05) is 11.4 Å². The molecule has 4 rings (SSSR count). The van der Waals surface area contributed by atoms with Gasteiger partial charge in [0.05, 0.1) is 11.3 Å². The van der Waals surface area contributed by atoms with Crippen molar-refractivity contribution >= 4 is 33.3 Å². The molecule has 4 aromatic rings. The topological polar surface area (TPSA) is 102 Å². The lowest BCUT2D eigenvalue weighted by atomic mass is 10.2. The Morgan fingerprint density at radius 3 is 2.84 bits per heavy atom. The van der Waals surface area contributed by atoms with Crippen LogP contribution < -0.4 is 11.4 Å². The molecule has 0 radical (unpaired) electrons. The summed E-state index contributed by atoms with van der Waals surface area (Å²) in [6.45, 7) is 0. The molecule has 0 bridgehead atoms. The fraction of sp³-hybridized carbons (Fsp3) is 0.0667. The molecular formula is C15H11FN6OS2. The predicted molar refractivity (Wildman–Crippen MR) is 95.4 cm³/mol. The molecule has 0 amide bonds. The number of aromatic amines is 1. The standard InChI is InChI=1S/C15H11FN6OS2/c16-9-3-1-8(2-4-9)13-20-21-15(22(13)17)25-7-11-18-10-5-6-24-12(10)14(23)19-11/h1-6H,7,17H2,(H,18,19,23). The van der Waals surface area contributed by atoms with Gasteiger partial charge in [0.15, 0.2) is 5.82 Å². The Kier molecular flexibility index (Phi) is 3.98. The molecule has 7 nitrogen and oxygen atoms in total. The van der Waals surface area contributed by atoms with E-state index in [2.05, 4.69) is 20.2 Å². The summed E-state index contributed by atoms with van der Waals surface area (Å²) in [6.07, 6.45) is 0. The van der Waals surface area contributed by atoms with Gasteiger partial charge in [-0.25, -0.2) is 14.1 Å². The number of hydrogen-bond donors (Lipinski definition) is 2. The van der Waals surface area contributed by atoms with Crippen molar-refractivity contribution in [2.24, 2.45) is 0 Å². The summed E-state index contributed by atoms with van der Waals surface area (Å²) in [5.74, 6) is 7.05. The lowest BCUT2D eigenvalue weighted by Gasteiger charge is -2.04. The van der Waals surface area contributed by atoms with Crippen LogP contribution in [0.5, 0.6) is 0 Å². The number of nitrogen functional groups attached to an aromatic ring is 1. The molecule has 0 aliphatic carbocycles. The highest BCUT2D eigenvalue weighted by atomic mass is 32.2. The van der Waals surface area contributed by atoms with Crippen molar-refractivity contribution in [1.29, 1.82) is 0 Å². The van der Waals surface area contributed by atoms with Gasteiger partial charge in [0.2, 0.25) is 5.16 Å². The first-order valence-electron chi connectivity index (χ1n) is 7.17. The second kappa shape index (κ2) is 6.30. The number of nitrogens with two attached hydrogens (primary N) is 1. The molecular weight excluding hydrogens is 363 g/mol. The minimum atomic E-state index is -0.333. The number of halogens is 1. The number of nitrogens with zero attached hydrogens (tertiary/aromatic N) is 4. The van der Waals surface area contributed by atoms with Gasteiger partial charge in [-0.2, -0.15) is 0 Å². The first kappa shape index (κ1) is 15.8. The van der Waals surface area contributed by atoms with Gasteiger partial charge in [0.25, 0.3) is 5.56 Å². The highest BCUT2D eigenvalue weighted by Crippen LogP contribution is 2.24. The molecule has 1 aromatic carbocycles. The largest absolute Gasteiger partial charge is 0.335 e. The van der Waals surface area contributed by atoms with E-state index >= 15 is 0 Å². The van der Waals surface area contributed by atoms with Gasteiger partial charge in [0, 0.05) is 5.56 Å². The fourth-order valence-electron chi connectivity index (χ4n) is 2.29. The second-order valence-corrected chi connectivity index (χ2v) is 6.98. The summed E-state index contributed by atoms with van der Waals surface area (Å²) in [5.41, 5.74) is 1.18. The summed E-state index contributed by atoms with van der Waals surface area (Å²) in [4.78, 5) is 19.1. The van der Waals surface area contributed by atoms with E-state index < -0.39 is 0 Å². The van der Waals surface area contributed by atoms with E-state index in [9.17, 15) is 9.18 Å². The summed E-state index contributed by atoms with van der Waals surface area (Å²) >= 11 is 2.65. The van der Waals surface area contributed by atoms with Gasteiger partial charge in [-0.05, 0) is 35.7 Å². The SMILES string of the molecule is Nn1c(SCc2nc3ccsc3c(=O)[nH]2)nnc1-c1ccc(F)cc1. The molecule has 3 N–H and O–H groups in total. The number of thiophene rings is 1. The first-order chi connectivity index (χ1) is 12.1. The van der Waals surface area contributed by atoms with Crippen molar-refractivity contribution in [2.75, 3.05) is 5.84 Å². The normalized spacial score (nSPS) is 11.2. The smallest absolute Gasteiger partial charge is 0.268 e. The zero-order valence-electron chi connectivity index (χ0n) is 12.6. The van der Waals surface area contributed by atoms with Gasteiger partial charge in [0.1, 0.15) is 16.3 Å². The van der Waals surface area contributed by atoms with Crippen LogP contribution in [-0.4, -0.2) is 24.8 Å². The third kappa shape index (κ3) is 3.01. The van der Waals surface area contributed by atoms with Crippen LogP contribution in [-0.2, 0) is 5.75 Å². The van der Waals surface area contributed by atoms with Crippen molar-refractivity contribution in [3.8, 4) is 11.4 Å². The summed E-state index contributed by atoms with van der Waals surface area (Å²) < 4.78 is 15.0. The maximum absolute atomic E-state index is 13.0. The molecule has 0 aliphatic rings. The Morgan fingerprint density at radius 1 is 1.24 bits per heavy atom. The van der Waals surface area contributed by atoms with Crippen LogP contribution in [0.4, 0.5) is 4.39 Å². The fourth-order valence-corrected chi connectivity index (χ4v) is 3.75. The van der Waals surface area contributed by atoms with E-state index in [4.69, 9.17) is 5.84 Å². The summed E-state index contributed by atoms with van der Waals surface area (Å²) in [6, 6.07) is 7.64. The zero-order valence-corrected chi connectivity index (χ0v) is 14.3. The Hall–Kier alpha value is -2.72. The zero-order chi connectivity index (χ0) is 17.4. The number of rotatable bonds is 4. The van der Waals surface area contributed by atoms with Gasteiger partial charge in [-0.3, -0.25) is 4.79 Å². The van der Waals surface area contributed by atoms with E-state index in [-0.39, 0.29) is 11.4 Å². The highest BCUT2D eigenvalue weighted by molar-refractivity contribution is 7.98. The Labute approximate surface area is 148 Å². The monoisotopic (exact) mass is 374 g/mol. The van der Waals surface area contributed by atoms with Crippen molar-refractivity contribution in [2.45, 2.75) is 10.9 Å². The molecule has 3 heterocycles. The molecule has 25 heavy (non-hydrogen) atoms. The summed E-state index contributed by atoms with van der Waals surface area (Å²) in [7, 11) is 0. The minimum Gasteiger partial charge on any atom is -0.335 e. The molecule has 0 unspecified atom stereocenters. The van der Waals surface area contributed by atoms with Gasteiger partial charge in [-0.15, -0.1) is 21.5 Å². The van der Waals surface area contributed by atoms with Crippen LogP contribution in [0.2, 0.25) is 0 Å². The molecule has 126 valence electrons. The number of thioether (sulfide) groups is 1. The third-order valence-corrected chi connectivity index (χ3v) is 5.33. The number of fused-ring (bicyclic) bond motifs is 1. The molecule has 0 fully saturated rings. The first-order valence-corrected chi connectivity index (χ1v) is 9.04. The van der Waals surface area contributed by atoms with Gasteiger partial charge >= 0.3 is 0 Å². The van der Waals surface area contributed by atoms with Crippen LogP contribution >= 0.6 is 23.1 Å². The maximum Gasteiger partial charge on any atom is 0.268 e. The van der Waals surface area contributed by atoms with Crippen LogP contribution in [0.15, 0.2) is 45.7 Å². The molecule has 0 spiro atoms. The van der Waals surface area contributed by atoms with Crippen molar-refractivity contribution in [3.05, 3.63) is 57.7 Å². The molecule has 3 aromatic heterocycles. The molecule has 0 atom stereocenters. The van der Waals surface area contributed by atoms with Gasteiger partial charge in [-0.1, -0.05) is 11.8 Å². The minimum absolute atomic E-state index is 0.156. The maximum atomic E-state index is 13.0. The predicted octanol–water partition coefficient (Wildman–Crippen LogP) is 2.39. The number of H-pyrrole nitrogens is 1. The summed E-state index contributed by atoms with van der Waals surface area (Å²) in [5, 5.41) is 10.4. The highest BCUT2D eigenvalue weighted by Gasteiger charge is 2.13. The molecule has 0 saturated heterocycles. The lowest BCUT2D eigenvalue weighted by molar-refractivity contribution is 0.628.